The maximum Gasteiger partial charge on any atom is 0.148 e. The molecule has 1 aromatic carbocycles. The van der Waals surface area contributed by atoms with Gasteiger partial charge in [-0.05, 0) is 22.9 Å². The van der Waals surface area contributed by atoms with E-state index in [0.717, 1.165) is 0 Å². The van der Waals surface area contributed by atoms with E-state index in [4.69, 9.17) is 4.74 Å². The quantitative estimate of drug-likeness (QED) is 0.923. The third kappa shape index (κ3) is 2.47. The topological polar surface area (TPSA) is 46.5 Å². The molecular formula is C10H10BrFO3. The van der Waals surface area contributed by atoms with Crippen LogP contribution in [0.5, 0.6) is 11.5 Å². The molecule has 1 rings (SSSR count). The Balaban J connectivity index is 3.29. The fourth-order valence-corrected chi connectivity index (χ4v) is 1.71. The van der Waals surface area contributed by atoms with Crippen LogP contribution in [0.2, 0.25) is 0 Å². The summed E-state index contributed by atoms with van der Waals surface area (Å²) in [5, 5.41) is 9.48. The predicted molar refractivity (Wildman–Crippen MR) is 56.7 cm³/mol. The van der Waals surface area contributed by atoms with Crippen LogP contribution in [0.3, 0.4) is 0 Å². The maximum absolute atomic E-state index is 13.6. The zero-order valence-electron chi connectivity index (χ0n) is 8.30. The molecule has 5 heteroatoms. The number of ether oxygens (including phenoxy) is 1. The molecule has 1 N–H and O–H groups in total. The van der Waals surface area contributed by atoms with Crippen molar-refractivity contribution < 1.29 is 19.0 Å². The summed E-state index contributed by atoms with van der Waals surface area (Å²) in [4.78, 5) is 10.9. The predicted octanol–water partition coefficient (Wildman–Crippen LogP) is 2.43. The van der Waals surface area contributed by atoms with Crippen LogP contribution in [-0.4, -0.2) is 18.0 Å². The molecule has 82 valence electrons. The number of phenolic OH excluding ortho intramolecular Hbond substituents is 1. The molecule has 0 aromatic heterocycles. The lowest BCUT2D eigenvalue weighted by Crippen LogP contribution is -2.01. The number of methoxy groups -OCH3 is 1. The van der Waals surface area contributed by atoms with Gasteiger partial charge < -0.3 is 9.84 Å². The Labute approximate surface area is 95.0 Å². The van der Waals surface area contributed by atoms with E-state index < -0.39 is 5.82 Å². The van der Waals surface area contributed by atoms with Gasteiger partial charge in [-0.2, -0.15) is 0 Å². The van der Waals surface area contributed by atoms with Gasteiger partial charge in [0.15, 0.2) is 0 Å². The van der Waals surface area contributed by atoms with Crippen molar-refractivity contribution in [2.75, 3.05) is 7.11 Å². The number of halogens is 2. The minimum Gasteiger partial charge on any atom is -0.507 e. The van der Waals surface area contributed by atoms with Crippen LogP contribution in [0.4, 0.5) is 4.39 Å². The van der Waals surface area contributed by atoms with Crippen molar-refractivity contribution in [1.29, 1.82) is 0 Å². The summed E-state index contributed by atoms with van der Waals surface area (Å²) in [5.41, 5.74) is -0.0184. The first kappa shape index (κ1) is 12.0. The highest BCUT2D eigenvalue weighted by atomic mass is 79.9. The van der Waals surface area contributed by atoms with Crippen LogP contribution >= 0.6 is 15.9 Å². The molecule has 0 atom stereocenters. The summed E-state index contributed by atoms with van der Waals surface area (Å²) in [6.45, 7) is 1.33. The van der Waals surface area contributed by atoms with Gasteiger partial charge in [0.05, 0.1) is 11.6 Å². The summed E-state index contributed by atoms with van der Waals surface area (Å²) in [5.74, 6) is -0.969. The van der Waals surface area contributed by atoms with Gasteiger partial charge in [0.1, 0.15) is 23.1 Å². The van der Waals surface area contributed by atoms with Gasteiger partial charge in [-0.3, -0.25) is 4.79 Å². The normalized spacial score (nSPS) is 10.1. The van der Waals surface area contributed by atoms with Crippen LogP contribution in [0.1, 0.15) is 12.5 Å². The van der Waals surface area contributed by atoms with Gasteiger partial charge in [-0.25, -0.2) is 4.39 Å². The van der Waals surface area contributed by atoms with Gasteiger partial charge in [-0.15, -0.1) is 0 Å². The first-order chi connectivity index (χ1) is 6.97. The number of phenols is 1. The third-order valence-electron chi connectivity index (χ3n) is 1.90. The van der Waals surface area contributed by atoms with E-state index in [1.165, 1.54) is 20.1 Å². The van der Waals surface area contributed by atoms with E-state index in [9.17, 15) is 14.3 Å². The van der Waals surface area contributed by atoms with Gasteiger partial charge >= 0.3 is 0 Å². The van der Waals surface area contributed by atoms with Gasteiger partial charge in [-0.1, -0.05) is 0 Å². The molecule has 0 fully saturated rings. The second kappa shape index (κ2) is 4.61. The molecule has 0 aliphatic carbocycles. The summed E-state index contributed by atoms with van der Waals surface area (Å²) >= 11 is 2.99. The zero-order valence-corrected chi connectivity index (χ0v) is 9.89. The number of benzene rings is 1. The Kier molecular flexibility index (Phi) is 3.68. The molecule has 0 aliphatic heterocycles. The first-order valence-electron chi connectivity index (χ1n) is 4.20. The second-order valence-corrected chi connectivity index (χ2v) is 3.88. The average molecular weight is 277 g/mol. The van der Waals surface area contributed by atoms with Crippen LogP contribution in [0.15, 0.2) is 10.5 Å². The highest BCUT2D eigenvalue weighted by molar-refractivity contribution is 9.10. The Morgan fingerprint density at radius 2 is 2.27 bits per heavy atom. The van der Waals surface area contributed by atoms with E-state index in [2.05, 4.69) is 15.9 Å². The monoisotopic (exact) mass is 276 g/mol. The summed E-state index contributed by atoms with van der Waals surface area (Å²) in [6, 6.07) is 1.27. The van der Waals surface area contributed by atoms with Crippen LogP contribution < -0.4 is 4.74 Å². The third-order valence-corrected chi connectivity index (χ3v) is 2.64. The van der Waals surface area contributed by atoms with Gasteiger partial charge in [0.2, 0.25) is 0 Å². The zero-order chi connectivity index (χ0) is 11.6. The molecule has 0 bridgehead atoms. The molecule has 0 saturated carbocycles. The largest absolute Gasteiger partial charge is 0.507 e. The number of hydrogen-bond acceptors (Lipinski definition) is 3. The molecule has 0 amide bonds. The van der Waals surface area contributed by atoms with E-state index in [0.29, 0.717) is 0 Å². The van der Waals surface area contributed by atoms with Crippen LogP contribution in [0, 0.1) is 5.82 Å². The number of carbonyl (C=O) groups is 1. The first-order valence-corrected chi connectivity index (χ1v) is 5.00. The summed E-state index contributed by atoms with van der Waals surface area (Å²) in [6.07, 6.45) is -0.139. The van der Waals surface area contributed by atoms with E-state index in [1.807, 2.05) is 0 Å². The average Bonchev–Trinajstić information content (AvgIpc) is 2.18. The molecule has 0 unspecified atom stereocenters. The molecule has 0 saturated heterocycles. The molecule has 3 nitrogen and oxygen atoms in total. The molecule has 0 spiro atoms. The number of aromatic hydroxyl groups is 1. The van der Waals surface area contributed by atoms with E-state index in [-0.39, 0.29) is 33.7 Å². The summed E-state index contributed by atoms with van der Waals surface area (Å²) in [7, 11) is 1.36. The molecule has 0 radical (unpaired) electrons. The van der Waals surface area contributed by atoms with Crippen molar-refractivity contribution in [1.82, 2.24) is 0 Å². The number of carbonyl (C=O) groups excluding carboxylic acids is 1. The fourth-order valence-electron chi connectivity index (χ4n) is 1.19. The Morgan fingerprint density at radius 3 is 2.73 bits per heavy atom. The smallest absolute Gasteiger partial charge is 0.148 e. The van der Waals surface area contributed by atoms with E-state index >= 15 is 0 Å². The molecule has 0 heterocycles. The SMILES string of the molecule is COc1cc(O)c(CC(C)=O)c(F)c1Br. The Bertz CT molecular complexity index is 404. The number of Topliss-reactive ketones (excluding diaryl/α,β-unsaturated/α-hetero) is 1. The second-order valence-electron chi connectivity index (χ2n) is 3.08. The van der Waals surface area contributed by atoms with Crippen LogP contribution in [-0.2, 0) is 11.2 Å². The standard InChI is InChI=1S/C10H10BrFO3/c1-5(13)3-6-7(14)4-8(15-2)9(11)10(6)12/h4,14H,3H2,1-2H3. The highest BCUT2D eigenvalue weighted by Crippen LogP contribution is 2.35. The van der Waals surface area contributed by atoms with E-state index in [1.54, 1.807) is 0 Å². The Hall–Kier alpha value is -1.10. The van der Waals surface area contributed by atoms with Crippen molar-refractivity contribution in [2.24, 2.45) is 0 Å². The van der Waals surface area contributed by atoms with Crippen molar-refractivity contribution in [3.05, 3.63) is 21.9 Å². The van der Waals surface area contributed by atoms with Crippen molar-refractivity contribution in [2.45, 2.75) is 13.3 Å². The lowest BCUT2D eigenvalue weighted by molar-refractivity contribution is -0.116. The van der Waals surface area contributed by atoms with Gasteiger partial charge in [0.25, 0.3) is 0 Å². The lowest BCUT2D eigenvalue weighted by Gasteiger charge is -2.10. The number of ketones is 1. The fraction of sp³-hybridized carbons (Fsp3) is 0.300. The minimum atomic E-state index is -0.665. The minimum absolute atomic E-state index is 0.0184. The number of hydrogen-bond donors (Lipinski definition) is 1. The van der Waals surface area contributed by atoms with Crippen molar-refractivity contribution in [3.63, 3.8) is 0 Å². The molecular weight excluding hydrogens is 267 g/mol. The van der Waals surface area contributed by atoms with Crippen molar-refractivity contribution >= 4 is 21.7 Å². The molecule has 1 aromatic rings. The van der Waals surface area contributed by atoms with Crippen molar-refractivity contribution in [3.8, 4) is 11.5 Å². The molecule has 0 aliphatic rings. The van der Waals surface area contributed by atoms with Crippen LogP contribution in [0.25, 0.3) is 0 Å². The lowest BCUT2D eigenvalue weighted by atomic mass is 10.1. The highest BCUT2D eigenvalue weighted by Gasteiger charge is 2.17. The maximum atomic E-state index is 13.6. The Morgan fingerprint density at radius 1 is 1.67 bits per heavy atom. The number of rotatable bonds is 3. The summed E-state index contributed by atoms with van der Waals surface area (Å²) < 4.78 is 18.6. The molecule has 15 heavy (non-hydrogen) atoms. The van der Waals surface area contributed by atoms with Gasteiger partial charge in [0, 0.05) is 18.1 Å².